The summed E-state index contributed by atoms with van der Waals surface area (Å²) in [5.41, 5.74) is 0.499. The summed E-state index contributed by atoms with van der Waals surface area (Å²) >= 11 is 0. The van der Waals surface area contributed by atoms with E-state index in [4.69, 9.17) is 4.74 Å². The molecule has 3 saturated heterocycles. The summed E-state index contributed by atoms with van der Waals surface area (Å²) in [6.07, 6.45) is 9.50. The van der Waals surface area contributed by atoms with Gasteiger partial charge in [0.05, 0.1) is 0 Å². The molecule has 3 aliphatic rings. The second-order valence-electron chi connectivity index (χ2n) is 7.29. The van der Waals surface area contributed by atoms with Gasteiger partial charge in [-0.1, -0.05) is 13.3 Å². The van der Waals surface area contributed by atoms with Crippen LogP contribution in [-0.2, 0) is 4.74 Å². The maximum Gasteiger partial charge on any atom is 0.0471 e. The van der Waals surface area contributed by atoms with Gasteiger partial charge >= 0.3 is 0 Å². The number of hydrogen-bond acceptors (Lipinski definition) is 3. The van der Waals surface area contributed by atoms with Gasteiger partial charge in [0.2, 0.25) is 0 Å². The third-order valence-corrected chi connectivity index (χ3v) is 5.80. The first-order valence-corrected chi connectivity index (χ1v) is 8.21. The third kappa shape index (κ3) is 2.98. The lowest BCUT2D eigenvalue weighted by Crippen LogP contribution is -2.58. The van der Waals surface area contributed by atoms with Gasteiger partial charge in [0.25, 0.3) is 0 Å². The largest absolute Gasteiger partial charge is 0.381 e. The van der Waals surface area contributed by atoms with E-state index in [0.717, 1.165) is 31.3 Å². The zero-order valence-electron chi connectivity index (χ0n) is 12.7. The van der Waals surface area contributed by atoms with Crippen molar-refractivity contribution in [3.63, 3.8) is 0 Å². The normalized spacial score (nSPS) is 39.2. The minimum Gasteiger partial charge on any atom is -0.381 e. The fourth-order valence-electron chi connectivity index (χ4n) is 4.44. The molecule has 0 aliphatic carbocycles. The zero-order valence-corrected chi connectivity index (χ0v) is 12.7. The van der Waals surface area contributed by atoms with Crippen molar-refractivity contribution in [2.24, 2.45) is 5.41 Å². The molecule has 0 radical (unpaired) electrons. The Morgan fingerprint density at radius 1 is 1.16 bits per heavy atom. The number of piperidine rings is 2. The quantitative estimate of drug-likeness (QED) is 0.849. The molecule has 3 heterocycles. The molecule has 3 fully saturated rings. The first kappa shape index (κ1) is 13.8. The molecular formula is C16H30N2O. The Bertz CT molecular complexity index is 287. The molecule has 2 bridgehead atoms. The van der Waals surface area contributed by atoms with Crippen LogP contribution in [0.15, 0.2) is 0 Å². The molecule has 3 heteroatoms. The second kappa shape index (κ2) is 5.71. The molecule has 19 heavy (non-hydrogen) atoms. The average molecular weight is 266 g/mol. The number of fused-ring (bicyclic) bond motifs is 2. The molecule has 0 aromatic heterocycles. The van der Waals surface area contributed by atoms with E-state index in [9.17, 15) is 0 Å². The summed E-state index contributed by atoms with van der Waals surface area (Å²) in [5, 5.41) is 3.52. The first-order chi connectivity index (χ1) is 9.20. The van der Waals surface area contributed by atoms with Crippen LogP contribution in [0.3, 0.4) is 0 Å². The van der Waals surface area contributed by atoms with Crippen LogP contribution in [0.1, 0.15) is 51.9 Å². The Kier molecular flexibility index (Phi) is 4.16. The zero-order chi connectivity index (χ0) is 13.3. The molecule has 2 atom stereocenters. The Balaban J connectivity index is 1.66. The summed E-state index contributed by atoms with van der Waals surface area (Å²) in [6, 6.07) is 2.43. The molecule has 3 rings (SSSR count). The summed E-state index contributed by atoms with van der Waals surface area (Å²) in [6.45, 7) is 5.73. The SMILES string of the molecule is CNC1CC2CCCC(C1)N2CC1(C)CCOCC1. The second-order valence-corrected chi connectivity index (χ2v) is 7.29. The minimum absolute atomic E-state index is 0.499. The number of nitrogens with zero attached hydrogens (tertiary/aromatic N) is 1. The predicted octanol–water partition coefficient (Wildman–Crippen LogP) is 2.41. The van der Waals surface area contributed by atoms with E-state index in [1.165, 1.54) is 51.5 Å². The lowest BCUT2D eigenvalue weighted by Gasteiger charge is -2.52. The van der Waals surface area contributed by atoms with Gasteiger partial charge in [-0.2, -0.15) is 0 Å². The fourth-order valence-corrected chi connectivity index (χ4v) is 4.44. The lowest BCUT2D eigenvalue weighted by atomic mass is 9.76. The molecular weight excluding hydrogens is 236 g/mol. The number of nitrogens with one attached hydrogen (secondary N) is 1. The van der Waals surface area contributed by atoms with Gasteiger partial charge in [0, 0.05) is 37.9 Å². The van der Waals surface area contributed by atoms with Gasteiger partial charge in [0.1, 0.15) is 0 Å². The Morgan fingerprint density at radius 2 is 1.79 bits per heavy atom. The monoisotopic (exact) mass is 266 g/mol. The first-order valence-electron chi connectivity index (χ1n) is 8.21. The topological polar surface area (TPSA) is 24.5 Å². The molecule has 3 aliphatic heterocycles. The highest BCUT2D eigenvalue weighted by atomic mass is 16.5. The lowest BCUT2D eigenvalue weighted by molar-refractivity contribution is -0.0434. The summed E-state index contributed by atoms with van der Waals surface area (Å²) in [5.74, 6) is 0. The van der Waals surface area contributed by atoms with Gasteiger partial charge in [0.15, 0.2) is 0 Å². The predicted molar refractivity (Wildman–Crippen MR) is 78.4 cm³/mol. The van der Waals surface area contributed by atoms with Crippen LogP contribution < -0.4 is 5.32 Å². The maximum absolute atomic E-state index is 5.55. The Hall–Kier alpha value is -0.120. The van der Waals surface area contributed by atoms with Crippen molar-refractivity contribution in [1.82, 2.24) is 10.2 Å². The standard InChI is InChI=1S/C16H30N2O/c1-16(6-8-19-9-7-16)12-18-14-4-3-5-15(18)11-13(10-14)17-2/h13-15,17H,3-12H2,1-2H3. The van der Waals surface area contributed by atoms with Crippen LogP contribution in [0.2, 0.25) is 0 Å². The van der Waals surface area contributed by atoms with Crippen LogP contribution in [-0.4, -0.2) is 49.8 Å². The van der Waals surface area contributed by atoms with Crippen molar-refractivity contribution in [3.8, 4) is 0 Å². The highest BCUT2D eigenvalue weighted by Gasteiger charge is 2.41. The van der Waals surface area contributed by atoms with Crippen LogP contribution in [0.25, 0.3) is 0 Å². The van der Waals surface area contributed by atoms with Crippen molar-refractivity contribution in [2.75, 3.05) is 26.8 Å². The molecule has 0 spiro atoms. The molecule has 0 aromatic rings. The van der Waals surface area contributed by atoms with E-state index in [0.29, 0.717) is 5.41 Å². The summed E-state index contributed by atoms with van der Waals surface area (Å²) in [4.78, 5) is 2.88. The van der Waals surface area contributed by atoms with Gasteiger partial charge in [-0.3, -0.25) is 4.90 Å². The molecule has 1 N–H and O–H groups in total. The van der Waals surface area contributed by atoms with Crippen molar-refractivity contribution in [2.45, 2.75) is 70.0 Å². The van der Waals surface area contributed by atoms with Gasteiger partial charge in [-0.05, 0) is 51.0 Å². The van der Waals surface area contributed by atoms with Crippen LogP contribution in [0.5, 0.6) is 0 Å². The molecule has 0 saturated carbocycles. The summed E-state index contributed by atoms with van der Waals surface area (Å²) < 4.78 is 5.55. The van der Waals surface area contributed by atoms with Gasteiger partial charge < -0.3 is 10.1 Å². The van der Waals surface area contributed by atoms with Crippen molar-refractivity contribution < 1.29 is 4.74 Å². The average Bonchev–Trinajstić information content (AvgIpc) is 2.38. The van der Waals surface area contributed by atoms with E-state index in [1.807, 2.05) is 0 Å². The fraction of sp³-hybridized carbons (Fsp3) is 1.00. The molecule has 110 valence electrons. The Morgan fingerprint density at radius 3 is 2.37 bits per heavy atom. The number of ether oxygens (including phenoxy) is 1. The molecule has 2 unspecified atom stereocenters. The van der Waals surface area contributed by atoms with E-state index >= 15 is 0 Å². The van der Waals surface area contributed by atoms with Gasteiger partial charge in [-0.25, -0.2) is 0 Å². The van der Waals surface area contributed by atoms with Crippen molar-refractivity contribution in [1.29, 1.82) is 0 Å². The van der Waals surface area contributed by atoms with E-state index in [-0.39, 0.29) is 0 Å². The van der Waals surface area contributed by atoms with E-state index in [1.54, 1.807) is 0 Å². The molecule has 3 nitrogen and oxygen atoms in total. The summed E-state index contributed by atoms with van der Waals surface area (Å²) in [7, 11) is 2.13. The van der Waals surface area contributed by atoms with E-state index < -0.39 is 0 Å². The van der Waals surface area contributed by atoms with Crippen LogP contribution in [0, 0.1) is 5.41 Å². The molecule has 0 aromatic carbocycles. The smallest absolute Gasteiger partial charge is 0.0471 e. The minimum atomic E-state index is 0.499. The number of hydrogen-bond donors (Lipinski definition) is 1. The number of rotatable bonds is 3. The maximum atomic E-state index is 5.55. The van der Waals surface area contributed by atoms with Crippen molar-refractivity contribution >= 4 is 0 Å². The third-order valence-electron chi connectivity index (χ3n) is 5.80. The van der Waals surface area contributed by atoms with Crippen LogP contribution in [0.4, 0.5) is 0 Å². The van der Waals surface area contributed by atoms with Gasteiger partial charge in [-0.15, -0.1) is 0 Å². The van der Waals surface area contributed by atoms with Crippen molar-refractivity contribution in [3.05, 3.63) is 0 Å². The van der Waals surface area contributed by atoms with Crippen LogP contribution >= 0.6 is 0 Å². The molecule has 0 amide bonds. The van der Waals surface area contributed by atoms with E-state index in [2.05, 4.69) is 24.2 Å². The highest BCUT2D eigenvalue weighted by Crippen LogP contribution is 2.39. The Labute approximate surface area is 118 Å². The highest BCUT2D eigenvalue weighted by molar-refractivity contribution is 4.97.